The summed E-state index contributed by atoms with van der Waals surface area (Å²) in [6, 6.07) is 7.23. The first-order valence-electron chi connectivity index (χ1n) is 8.12. The number of amides is 3. The first-order chi connectivity index (χ1) is 12.0. The lowest BCUT2D eigenvalue weighted by molar-refractivity contribution is -0.128. The molecule has 0 fully saturated rings. The Labute approximate surface area is 147 Å². The lowest BCUT2D eigenvalue weighted by Gasteiger charge is -2.10. The molecule has 2 N–H and O–H groups in total. The fourth-order valence-corrected chi connectivity index (χ4v) is 2.24. The Morgan fingerprint density at radius 1 is 1.16 bits per heavy atom. The zero-order valence-electron chi connectivity index (χ0n) is 14.8. The maximum atomic E-state index is 11.9. The number of aromatic nitrogens is 3. The van der Waals surface area contributed by atoms with Crippen molar-refractivity contribution in [3.8, 4) is 0 Å². The first-order valence-corrected chi connectivity index (χ1v) is 8.12. The Kier molecular flexibility index (Phi) is 6.50. The predicted molar refractivity (Wildman–Crippen MR) is 95.2 cm³/mol. The molecule has 0 aliphatic rings. The number of urea groups is 1. The van der Waals surface area contributed by atoms with Gasteiger partial charge in [0.1, 0.15) is 12.2 Å². The number of nitrogens with one attached hydrogen (secondary N) is 2. The summed E-state index contributed by atoms with van der Waals surface area (Å²) in [6.07, 6.45) is 3.26. The van der Waals surface area contributed by atoms with E-state index in [1.165, 1.54) is 6.33 Å². The summed E-state index contributed by atoms with van der Waals surface area (Å²) >= 11 is 0. The Morgan fingerprint density at radius 2 is 1.88 bits per heavy atom. The van der Waals surface area contributed by atoms with E-state index in [4.69, 9.17) is 0 Å². The molecule has 0 spiro atoms. The quantitative estimate of drug-likeness (QED) is 0.789. The summed E-state index contributed by atoms with van der Waals surface area (Å²) in [5.41, 5.74) is 1.77. The number of hydrogen-bond acceptors (Lipinski definition) is 4. The second-order valence-electron chi connectivity index (χ2n) is 5.92. The maximum absolute atomic E-state index is 11.9. The molecule has 0 radical (unpaired) electrons. The molecule has 0 saturated heterocycles. The minimum Gasteiger partial charge on any atom is -0.349 e. The highest BCUT2D eigenvalue weighted by Gasteiger charge is 2.06. The van der Waals surface area contributed by atoms with Gasteiger partial charge in [-0.1, -0.05) is 12.1 Å². The third-order valence-corrected chi connectivity index (χ3v) is 3.78. The van der Waals surface area contributed by atoms with Crippen LogP contribution in [0.4, 0.5) is 10.5 Å². The van der Waals surface area contributed by atoms with E-state index in [0.29, 0.717) is 31.5 Å². The van der Waals surface area contributed by atoms with Crippen LogP contribution in [0.5, 0.6) is 0 Å². The molecule has 0 saturated carbocycles. The van der Waals surface area contributed by atoms with E-state index >= 15 is 0 Å². The molecule has 2 rings (SSSR count). The van der Waals surface area contributed by atoms with Crippen LogP contribution in [0, 0.1) is 0 Å². The summed E-state index contributed by atoms with van der Waals surface area (Å²) < 4.78 is 1.68. The molecule has 0 aliphatic carbocycles. The molecular weight excluding hydrogens is 320 g/mol. The SMILES string of the molecule is CN(C)C(=O)CCc1ccc(NC(=O)NCCc2ncnn2C)cc1. The van der Waals surface area contributed by atoms with Crippen molar-refractivity contribution >= 4 is 17.6 Å². The van der Waals surface area contributed by atoms with Crippen LogP contribution in [-0.4, -0.2) is 52.2 Å². The fraction of sp³-hybridized carbons (Fsp3) is 0.412. The number of carbonyl (C=O) groups is 2. The van der Waals surface area contributed by atoms with E-state index in [2.05, 4.69) is 20.7 Å². The van der Waals surface area contributed by atoms with Gasteiger partial charge in [-0.3, -0.25) is 9.48 Å². The number of carbonyl (C=O) groups excluding carboxylic acids is 2. The molecule has 0 bridgehead atoms. The van der Waals surface area contributed by atoms with E-state index in [0.717, 1.165) is 11.4 Å². The van der Waals surface area contributed by atoms with Crippen LogP contribution < -0.4 is 10.6 Å². The standard InChI is InChI=1S/C17H24N6O2/c1-22(2)16(24)9-6-13-4-7-14(8-5-13)21-17(25)18-11-10-15-19-12-20-23(15)3/h4-5,7-8,12H,6,9-11H2,1-3H3,(H2,18,21,25). The maximum Gasteiger partial charge on any atom is 0.319 e. The number of hydrogen-bond donors (Lipinski definition) is 2. The molecule has 1 aromatic heterocycles. The van der Waals surface area contributed by atoms with Gasteiger partial charge >= 0.3 is 6.03 Å². The van der Waals surface area contributed by atoms with Gasteiger partial charge in [0.2, 0.25) is 5.91 Å². The van der Waals surface area contributed by atoms with Crippen molar-refractivity contribution in [2.75, 3.05) is 26.0 Å². The van der Waals surface area contributed by atoms with Crippen molar-refractivity contribution in [3.05, 3.63) is 42.0 Å². The Balaban J connectivity index is 1.73. The normalized spacial score (nSPS) is 10.4. The third-order valence-electron chi connectivity index (χ3n) is 3.78. The molecule has 8 nitrogen and oxygen atoms in total. The van der Waals surface area contributed by atoms with Crippen molar-refractivity contribution in [1.29, 1.82) is 0 Å². The van der Waals surface area contributed by atoms with Crippen molar-refractivity contribution in [3.63, 3.8) is 0 Å². The van der Waals surface area contributed by atoms with Crippen LogP contribution in [0.2, 0.25) is 0 Å². The summed E-state index contributed by atoms with van der Waals surface area (Å²) in [7, 11) is 5.31. The molecule has 0 aliphatic heterocycles. The Bertz CT molecular complexity index is 708. The van der Waals surface area contributed by atoms with Gasteiger partial charge in [0.25, 0.3) is 0 Å². The summed E-state index contributed by atoms with van der Waals surface area (Å²) in [5.74, 6) is 0.918. The van der Waals surface area contributed by atoms with Gasteiger partial charge in [0, 0.05) is 46.2 Å². The minimum atomic E-state index is -0.266. The summed E-state index contributed by atoms with van der Waals surface area (Å²) in [6.45, 7) is 0.475. The van der Waals surface area contributed by atoms with Crippen LogP contribution in [-0.2, 0) is 24.7 Å². The molecule has 0 atom stereocenters. The van der Waals surface area contributed by atoms with Gasteiger partial charge in [-0.25, -0.2) is 9.78 Å². The molecule has 2 aromatic rings. The van der Waals surface area contributed by atoms with Gasteiger partial charge in [0.15, 0.2) is 0 Å². The monoisotopic (exact) mass is 344 g/mol. The second-order valence-corrected chi connectivity index (χ2v) is 5.92. The van der Waals surface area contributed by atoms with Crippen LogP contribution in [0.25, 0.3) is 0 Å². The van der Waals surface area contributed by atoms with Gasteiger partial charge in [-0.15, -0.1) is 0 Å². The van der Waals surface area contributed by atoms with Gasteiger partial charge in [0.05, 0.1) is 0 Å². The zero-order valence-corrected chi connectivity index (χ0v) is 14.8. The van der Waals surface area contributed by atoms with Crippen molar-refractivity contribution in [1.82, 2.24) is 25.0 Å². The number of nitrogens with zero attached hydrogens (tertiary/aromatic N) is 4. The number of aryl methyl sites for hydroxylation is 2. The molecule has 8 heteroatoms. The van der Waals surface area contributed by atoms with E-state index in [9.17, 15) is 9.59 Å². The predicted octanol–water partition coefficient (Wildman–Crippen LogP) is 1.20. The number of anilines is 1. The first kappa shape index (κ1) is 18.4. The van der Waals surface area contributed by atoms with Crippen LogP contribution in [0.15, 0.2) is 30.6 Å². The average Bonchev–Trinajstić information content (AvgIpc) is 2.99. The number of benzene rings is 1. The highest BCUT2D eigenvalue weighted by molar-refractivity contribution is 5.89. The second kappa shape index (κ2) is 8.81. The summed E-state index contributed by atoms with van der Waals surface area (Å²) in [4.78, 5) is 29.2. The highest BCUT2D eigenvalue weighted by atomic mass is 16.2. The number of rotatable bonds is 7. The van der Waals surface area contributed by atoms with E-state index in [1.54, 1.807) is 23.7 Å². The van der Waals surface area contributed by atoms with E-state index in [1.807, 2.05) is 31.3 Å². The lowest BCUT2D eigenvalue weighted by Crippen LogP contribution is -2.30. The van der Waals surface area contributed by atoms with Gasteiger partial charge < -0.3 is 15.5 Å². The van der Waals surface area contributed by atoms with Gasteiger partial charge in [-0.2, -0.15) is 5.10 Å². The largest absolute Gasteiger partial charge is 0.349 e. The van der Waals surface area contributed by atoms with Crippen molar-refractivity contribution in [2.45, 2.75) is 19.3 Å². The Hall–Kier alpha value is -2.90. The molecule has 1 heterocycles. The summed E-state index contributed by atoms with van der Waals surface area (Å²) in [5, 5.41) is 9.54. The Morgan fingerprint density at radius 3 is 2.48 bits per heavy atom. The van der Waals surface area contributed by atoms with Gasteiger partial charge in [-0.05, 0) is 24.1 Å². The van der Waals surface area contributed by atoms with Crippen LogP contribution in [0.1, 0.15) is 17.8 Å². The van der Waals surface area contributed by atoms with E-state index < -0.39 is 0 Å². The van der Waals surface area contributed by atoms with Crippen molar-refractivity contribution in [2.24, 2.45) is 7.05 Å². The highest BCUT2D eigenvalue weighted by Crippen LogP contribution is 2.11. The zero-order chi connectivity index (χ0) is 18.2. The average molecular weight is 344 g/mol. The smallest absolute Gasteiger partial charge is 0.319 e. The topological polar surface area (TPSA) is 92.2 Å². The van der Waals surface area contributed by atoms with Crippen LogP contribution >= 0.6 is 0 Å². The lowest BCUT2D eigenvalue weighted by atomic mass is 10.1. The molecule has 0 unspecified atom stereocenters. The molecule has 3 amide bonds. The molecular formula is C17H24N6O2. The van der Waals surface area contributed by atoms with E-state index in [-0.39, 0.29) is 11.9 Å². The minimum absolute atomic E-state index is 0.101. The molecule has 134 valence electrons. The van der Waals surface area contributed by atoms with Crippen molar-refractivity contribution < 1.29 is 9.59 Å². The van der Waals surface area contributed by atoms with Crippen LogP contribution in [0.3, 0.4) is 0 Å². The molecule has 25 heavy (non-hydrogen) atoms. The fourth-order valence-electron chi connectivity index (χ4n) is 2.24. The third kappa shape index (κ3) is 5.91. The molecule has 1 aromatic carbocycles.